The molecule has 2 saturated heterocycles. The van der Waals surface area contributed by atoms with Crippen LogP contribution in [0.5, 0.6) is 0 Å². The molecular formula is C20H22F3N5O4. The molecule has 0 bridgehead atoms. The van der Waals surface area contributed by atoms with E-state index in [0.717, 1.165) is 12.8 Å². The number of oxazole rings is 1. The fraction of sp³-hybridized carbons (Fsp3) is 0.500. The molecule has 4 rings (SSSR count). The van der Waals surface area contributed by atoms with Gasteiger partial charge < -0.3 is 24.6 Å². The molecule has 2 aromatic heterocycles. The second-order valence-electron chi connectivity index (χ2n) is 7.82. The maximum Gasteiger partial charge on any atom is 0.437 e. The number of alkyl halides is 3. The van der Waals surface area contributed by atoms with Crippen molar-refractivity contribution in [2.24, 2.45) is 5.92 Å². The Kier molecular flexibility index (Phi) is 5.94. The minimum Gasteiger partial charge on any atom is -0.481 e. The van der Waals surface area contributed by atoms with E-state index in [1.165, 1.54) is 12.3 Å². The van der Waals surface area contributed by atoms with Crippen LogP contribution in [0.15, 0.2) is 22.7 Å². The molecule has 0 unspecified atom stereocenters. The van der Waals surface area contributed by atoms with Gasteiger partial charge in [0, 0.05) is 26.2 Å². The molecule has 0 spiro atoms. The first-order chi connectivity index (χ1) is 15.2. The number of hydrogen-bond acceptors (Lipinski definition) is 7. The Hall–Kier alpha value is -3.31. The first-order valence-corrected chi connectivity index (χ1v) is 10.3. The quantitative estimate of drug-likeness (QED) is 0.710. The molecule has 32 heavy (non-hydrogen) atoms. The minimum atomic E-state index is -4.83. The number of rotatable bonds is 5. The van der Waals surface area contributed by atoms with Crippen LogP contribution in [-0.2, 0) is 11.0 Å². The number of carbonyl (C=O) groups excluding carboxylic acids is 1. The normalized spacial score (nSPS) is 17.6. The SMILES string of the molecule is O=C(Nc1ccc(N2CCC(C(=O)O)CC2)nc1)c1oc(N2CCCC2)nc1C(F)(F)F. The van der Waals surface area contributed by atoms with Crippen molar-refractivity contribution in [2.75, 3.05) is 41.3 Å². The molecule has 0 radical (unpaired) electrons. The highest BCUT2D eigenvalue weighted by Gasteiger charge is 2.42. The molecule has 2 aliphatic rings. The Morgan fingerprint density at radius 3 is 2.34 bits per heavy atom. The van der Waals surface area contributed by atoms with E-state index in [1.807, 2.05) is 4.90 Å². The highest BCUT2D eigenvalue weighted by molar-refractivity contribution is 6.03. The third-order valence-electron chi connectivity index (χ3n) is 5.64. The van der Waals surface area contributed by atoms with Crippen LogP contribution in [0, 0.1) is 5.92 Å². The van der Waals surface area contributed by atoms with Crippen LogP contribution in [0.3, 0.4) is 0 Å². The van der Waals surface area contributed by atoms with Gasteiger partial charge in [-0.1, -0.05) is 0 Å². The zero-order valence-electron chi connectivity index (χ0n) is 17.1. The van der Waals surface area contributed by atoms with Crippen molar-refractivity contribution in [3.8, 4) is 0 Å². The number of halogens is 3. The van der Waals surface area contributed by atoms with Crippen molar-refractivity contribution in [1.82, 2.24) is 9.97 Å². The lowest BCUT2D eigenvalue weighted by Crippen LogP contribution is -2.36. The van der Waals surface area contributed by atoms with Gasteiger partial charge in [0.25, 0.3) is 11.9 Å². The van der Waals surface area contributed by atoms with E-state index in [-0.39, 0.29) is 17.6 Å². The Morgan fingerprint density at radius 1 is 1.09 bits per heavy atom. The van der Waals surface area contributed by atoms with Crippen molar-refractivity contribution in [2.45, 2.75) is 31.9 Å². The van der Waals surface area contributed by atoms with Crippen molar-refractivity contribution in [1.29, 1.82) is 0 Å². The van der Waals surface area contributed by atoms with E-state index in [2.05, 4.69) is 15.3 Å². The zero-order chi connectivity index (χ0) is 22.9. The third-order valence-corrected chi connectivity index (χ3v) is 5.64. The molecule has 0 saturated carbocycles. The van der Waals surface area contributed by atoms with E-state index in [4.69, 9.17) is 9.52 Å². The third kappa shape index (κ3) is 4.63. The van der Waals surface area contributed by atoms with Crippen LogP contribution >= 0.6 is 0 Å². The summed E-state index contributed by atoms with van der Waals surface area (Å²) in [6.07, 6.45) is -0.866. The van der Waals surface area contributed by atoms with Crippen LogP contribution in [0.4, 0.5) is 30.7 Å². The summed E-state index contributed by atoms with van der Waals surface area (Å²) in [5.41, 5.74) is -1.16. The van der Waals surface area contributed by atoms with Crippen LogP contribution in [-0.4, -0.2) is 53.1 Å². The standard InChI is InChI=1S/C20H22F3N5O4/c21-20(22,23)16-15(32-19(26-16)28-7-1-2-8-28)17(29)25-13-3-4-14(24-11-13)27-9-5-12(6-10-27)18(30)31/h3-4,11-12H,1-2,5-10H2,(H,25,29)(H,30,31). The van der Waals surface area contributed by atoms with Gasteiger partial charge in [0.15, 0.2) is 5.69 Å². The number of nitrogens with zero attached hydrogens (tertiary/aromatic N) is 4. The summed E-state index contributed by atoms with van der Waals surface area (Å²) in [5.74, 6) is -2.54. The lowest BCUT2D eigenvalue weighted by Gasteiger charge is -2.31. The Balaban J connectivity index is 1.45. The highest BCUT2D eigenvalue weighted by atomic mass is 19.4. The summed E-state index contributed by atoms with van der Waals surface area (Å²) in [5, 5.41) is 11.5. The molecule has 1 amide bonds. The summed E-state index contributed by atoms with van der Waals surface area (Å²) >= 11 is 0. The molecule has 2 N–H and O–H groups in total. The number of piperidine rings is 1. The number of amides is 1. The smallest absolute Gasteiger partial charge is 0.437 e. The van der Waals surface area contributed by atoms with E-state index >= 15 is 0 Å². The monoisotopic (exact) mass is 453 g/mol. The largest absolute Gasteiger partial charge is 0.481 e. The van der Waals surface area contributed by atoms with Gasteiger partial charge in [-0.05, 0) is 37.8 Å². The number of aliphatic carboxylic acids is 1. The number of pyridine rings is 1. The van der Waals surface area contributed by atoms with Gasteiger partial charge in [0.05, 0.1) is 17.8 Å². The van der Waals surface area contributed by atoms with Gasteiger partial charge in [0.1, 0.15) is 5.82 Å². The van der Waals surface area contributed by atoms with Crippen molar-refractivity contribution < 1.29 is 32.3 Å². The van der Waals surface area contributed by atoms with Crippen LogP contribution in [0.25, 0.3) is 0 Å². The average molecular weight is 453 g/mol. The van der Waals surface area contributed by atoms with Gasteiger partial charge in [-0.3, -0.25) is 9.59 Å². The highest BCUT2D eigenvalue weighted by Crippen LogP contribution is 2.35. The fourth-order valence-electron chi connectivity index (χ4n) is 3.89. The minimum absolute atomic E-state index is 0.200. The molecule has 2 aliphatic heterocycles. The fourth-order valence-corrected chi connectivity index (χ4v) is 3.89. The number of anilines is 3. The molecule has 0 aromatic carbocycles. The Labute approximate surface area is 181 Å². The second kappa shape index (κ2) is 8.67. The summed E-state index contributed by atoms with van der Waals surface area (Å²) in [7, 11) is 0. The van der Waals surface area contributed by atoms with Gasteiger partial charge in [-0.15, -0.1) is 0 Å². The zero-order valence-corrected chi connectivity index (χ0v) is 17.1. The molecule has 2 aromatic rings. The topological polar surface area (TPSA) is 112 Å². The molecule has 0 aliphatic carbocycles. The van der Waals surface area contributed by atoms with Gasteiger partial charge in [0.2, 0.25) is 5.76 Å². The van der Waals surface area contributed by atoms with Crippen molar-refractivity contribution in [3.05, 3.63) is 29.8 Å². The molecule has 172 valence electrons. The van der Waals surface area contributed by atoms with E-state index < -0.39 is 29.5 Å². The van der Waals surface area contributed by atoms with Crippen LogP contribution < -0.4 is 15.1 Å². The summed E-state index contributed by atoms with van der Waals surface area (Å²) < 4.78 is 45.4. The Bertz CT molecular complexity index is 978. The number of carboxylic acids is 1. The van der Waals surface area contributed by atoms with Crippen LogP contribution in [0.1, 0.15) is 41.9 Å². The van der Waals surface area contributed by atoms with Crippen molar-refractivity contribution in [3.63, 3.8) is 0 Å². The maximum atomic E-state index is 13.4. The molecule has 12 heteroatoms. The van der Waals surface area contributed by atoms with E-state index in [0.29, 0.717) is 44.8 Å². The van der Waals surface area contributed by atoms with Crippen LogP contribution in [0.2, 0.25) is 0 Å². The molecule has 2 fully saturated rings. The lowest BCUT2D eigenvalue weighted by molar-refractivity contribution is -0.142. The molecule has 4 heterocycles. The predicted octanol–water partition coefficient (Wildman–Crippen LogP) is 3.24. The number of aromatic nitrogens is 2. The first kappa shape index (κ1) is 21.9. The van der Waals surface area contributed by atoms with Crippen molar-refractivity contribution >= 4 is 29.4 Å². The van der Waals surface area contributed by atoms with E-state index in [9.17, 15) is 22.8 Å². The predicted molar refractivity (Wildman–Crippen MR) is 108 cm³/mol. The number of nitrogens with one attached hydrogen (secondary N) is 1. The van der Waals surface area contributed by atoms with Gasteiger partial charge in [-0.25, -0.2) is 4.98 Å². The molecule has 0 atom stereocenters. The Morgan fingerprint density at radius 2 is 1.78 bits per heavy atom. The number of hydrogen-bond donors (Lipinski definition) is 2. The lowest BCUT2D eigenvalue weighted by atomic mass is 9.97. The summed E-state index contributed by atoms with van der Waals surface area (Å²) in [6.45, 7) is 2.10. The number of carbonyl (C=O) groups is 2. The summed E-state index contributed by atoms with van der Waals surface area (Å²) in [4.78, 5) is 34.9. The van der Waals surface area contributed by atoms with Gasteiger partial charge >= 0.3 is 12.1 Å². The molecule has 9 nitrogen and oxygen atoms in total. The number of carboxylic acid groups (broad SMARTS) is 1. The molecular weight excluding hydrogens is 431 g/mol. The summed E-state index contributed by atoms with van der Waals surface area (Å²) in [6, 6.07) is 2.93. The maximum absolute atomic E-state index is 13.4. The van der Waals surface area contributed by atoms with Gasteiger partial charge in [-0.2, -0.15) is 18.2 Å². The first-order valence-electron chi connectivity index (χ1n) is 10.3. The van der Waals surface area contributed by atoms with E-state index in [1.54, 1.807) is 11.0 Å². The second-order valence-corrected chi connectivity index (χ2v) is 7.82. The average Bonchev–Trinajstić information content (AvgIpc) is 3.44.